The first-order valence-corrected chi connectivity index (χ1v) is 4.76. The zero-order valence-electron chi connectivity index (χ0n) is 8.87. The molecule has 0 aliphatic heterocycles. The first-order chi connectivity index (χ1) is 6.52. The second kappa shape index (κ2) is 4.38. The van der Waals surface area contributed by atoms with Gasteiger partial charge in [-0.25, -0.2) is 0 Å². The predicted octanol–water partition coefficient (Wildman–Crippen LogP) is 2.32. The predicted molar refractivity (Wildman–Crippen MR) is 56.2 cm³/mol. The summed E-state index contributed by atoms with van der Waals surface area (Å²) in [6.07, 6.45) is -0.459. The van der Waals surface area contributed by atoms with Gasteiger partial charge in [0, 0.05) is 6.42 Å². The minimum absolute atomic E-state index is 0.0140. The number of ketones is 1. The minimum atomic E-state index is -0.659. The lowest BCUT2D eigenvalue weighted by molar-refractivity contribution is -0.118. The van der Waals surface area contributed by atoms with E-state index in [4.69, 9.17) is 0 Å². The van der Waals surface area contributed by atoms with Gasteiger partial charge in [-0.3, -0.25) is 4.79 Å². The van der Waals surface area contributed by atoms with E-state index in [1.54, 1.807) is 0 Å². The van der Waals surface area contributed by atoms with Crippen LogP contribution in [0.25, 0.3) is 0 Å². The Labute approximate surface area is 84.6 Å². The molecule has 1 aromatic rings. The number of aliphatic hydroxyl groups is 1. The van der Waals surface area contributed by atoms with Crippen LogP contribution in [0.15, 0.2) is 18.2 Å². The summed E-state index contributed by atoms with van der Waals surface area (Å²) < 4.78 is 0. The lowest BCUT2D eigenvalue weighted by Gasteiger charge is -2.14. The van der Waals surface area contributed by atoms with Gasteiger partial charge in [-0.1, -0.05) is 18.2 Å². The largest absolute Gasteiger partial charge is 0.388 e. The zero-order valence-corrected chi connectivity index (χ0v) is 8.87. The second-order valence-electron chi connectivity index (χ2n) is 3.73. The molecule has 1 atom stereocenters. The van der Waals surface area contributed by atoms with E-state index in [0.717, 1.165) is 16.7 Å². The van der Waals surface area contributed by atoms with Crippen molar-refractivity contribution in [3.8, 4) is 0 Å². The van der Waals surface area contributed by atoms with Gasteiger partial charge in [-0.2, -0.15) is 0 Å². The fourth-order valence-electron chi connectivity index (χ4n) is 1.73. The van der Waals surface area contributed by atoms with E-state index < -0.39 is 6.10 Å². The third-order valence-electron chi connectivity index (χ3n) is 2.36. The zero-order chi connectivity index (χ0) is 10.7. The normalized spacial score (nSPS) is 12.6. The Bertz CT molecular complexity index is 322. The van der Waals surface area contributed by atoms with Crippen LogP contribution < -0.4 is 0 Å². The molecule has 0 amide bonds. The summed E-state index contributed by atoms with van der Waals surface area (Å²) in [5.41, 5.74) is 2.97. The van der Waals surface area contributed by atoms with Crippen molar-refractivity contribution in [3.63, 3.8) is 0 Å². The molecule has 0 aliphatic rings. The molecular formula is C12H16O2. The number of rotatable bonds is 3. The minimum Gasteiger partial charge on any atom is -0.388 e. The second-order valence-corrected chi connectivity index (χ2v) is 3.73. The molecule has 0 saturated heterocycles. The highest BCUT2D eigenvalue weighted by atomic mass is 16.3. The number of Topliss-reactive ketones (excluding diaryl/α,β-unsaturated/α-hetero) is 1. The summed E-state index contributed by atoms with van der Waals surface area (Å²) >= 11 is 0. The molecule has 1 rings (SSSR count). The molecule has 0 bridgehead atoms. The summed E-state index contributed by atoms with van der Waals surface area (Å²) in [4.78, 5) is 10.9. The monoisotopic (exact) mass is 192 g/mol. The highest BCUT2D eigenvalue weighted by molar-refractivity contribution is 5.76. The van der Waals surface area contributed by atoms with Crippen LogP contribution in [0.3, 0.4) is 0 Å². The molecule has 0 saturated carbocycles. The Morgan fingerprint density at radius 1 is 1.36 bits per heavy atom. The number of carbonyl (C=O) groups excluding carboxylic acids is 1. The Kier molecular flexibility index (Phi) is 3.42. The fourth-order valence-corrected chi connectivity index (χ4v) is 1.73. The van der Waals surface area contributed by atoms with Crippen LogP contribution in [0.2, 0.25) is 0 Å². The van der Waals surface area contributed by atoms with Gasteiger partial charge in [-0.15, -0.1) is 0 Å². The Balaban J connectivity index is 2.99. The molecule has 0 aromatic heterocycles. The molecule has 14 heavy (non-hydrogen) atoms. The summed E-state index contributed by atoms with van der Waals surface area (Å²) in [6, 6.07) is 5.85. The maximum absolute atomic E-state index is 10.9. The van der Waals surface area contributed by atoms with Gasteiger partial charge < -0.3 is 5.11 Å². The molecular weight excluding hydrogens is 176 g/mol. The quantitative estimate of drug-likeness (QED) is 0.798. The lowest BCUT2D eigenvalue weighted by Crippen LogP contribution is -2.06. The molecule has 76 valence electrons. The van der Waals surface area contributed by atoms with Crippen molar-refractivity contribution in [3.05, 3.63) is 34.9 Å². The average Bonchev–Trinajstić information content (AvgIpc) is 2.01. The fraction of sp³-hybridized carbons (Fsp3) is 0.417. The van der Waals surface area contributed by atoms with Gasteiger partial charge in [0.1, 0.15) is 5.78 Å². The van der Waals surface area contributed by atoms with Gasteiger partial charge >= 0.3 is 0 Å². The molecule has 1 aromatic carbocycles. The summed E-state index contributed by atoms with van der Waals surface area (Å²) in [6.45, 7) is 5.40. The highest BCUT2D eigenvalue weighted by Gasteiger charge is 2.14. The molecule has 1 N–H and O–H groups in total. The van der Waals surface area contributed by atoms with E-state index in [9.17, 15) is 9.90 Å². The maximum Gasteiger partial charge on any atom is 0.132 e. The van der Waals surface area contributed by atoms with Crippen molar-refractivity contribution in [2.45, 2.75) is 33.3 Å². The van der Waals surface area contributed by atoms with Crippen molar-refractivity contribution in [2.75, 3.05) is 0 Å². The third kappa shape index (κ3) is 2.42. The number of carbonyl (C=O) groups is 1. The molecule has 0 fully saturated rings. The van der Waals surface area contributed by atoms with Crippen LogP contribution in [0.1, 0.15) is 36.1 Å². The van der Waals surface area contributed by atoms with Crippen molar-refractivity contribution in [1.29, 1.82) is 0 Å². The maximum atomic E-state index is 10.9. The van der Waals surface area contributed by atoms with E-state index in [2.05, 4.69) is 0 Å². The van der Waals surface area contributed by atoms with Crippen LogP contribution in [0.4, 0.5) is 0 Å². The average molecular weight is 192 g/mol. The molecule has 2 heteroatoms. The molecule has 0 aliphatic carbocycles. The van der Waals surface area contributed by atoms with E-state index >= 15 is 0 Å². The van der Waals surface area contributed by atoms with E-state index in [1.807, 2.05) is 32.0 Å². The van der Waals surface area contributed by atoms with Crippen LogP contribution in [0.5, 0.6) is 0 Å². The first kappa shape index (κ1) is 10.9. The van der Waals surface area contributed by atoms with Gasteiger partial charge in [0.05, 0.1) is 6.10 Å². The van der Waals surface area contributed by atoms with Gasteiger partial charge in [-0.05, 0) is 37.5 Å². The highest BCUT2D eigenvalue weighted by Crippen LogP contribution is 2.24. The molecule has 0 spiro atoms. The van der Waals surface area contributed by atoms with Crippen molar-refractivity contribution in [1.82, 2.24) is 0 Å². The first-order valence-electron chi connectivity index (χ1n) is 4.76. The van der Waals surface area contributed by atoms with Gasteiger partial charge in [0.2, 0.25) is 0 Å². The smallest absolute Gasteiger partial charge is 0.132 e. The Morgan fingerprint density at radius 3 is 2.29 bits per heavy atom. The molecule has 0 radical (unpaired) electrons. The molecule has 2 nitrogen and oxygen atoms in total. The Morgan fingerprint density at radius 2 is 1.86 bits per heavy atom. The molecule has 0 heterocycles. The van der Waals surface area contributed by atoms with Crippen LogP contribution in [0, 0.1) is 13.8 Å². The number of benzene rings is 1. The van der Waals surface area contributed by atoms with Gasteiger partial charge in [0.25, 0.3) is 0 Å². The topological polar surface area (TPSA) is 37.3 Å². The van der Waals surface area contributed by atoms with Crippen molar-refractivity contribution < 1.29 is 9.90 Å². The number of hydrogen-bond donors (Lipinski definition) is 1. The van der Waals surface area contributed by atoms with Gasteiger partial charge in [0.15, 0.2) is 0 Å². The Hall–Kier alpha value is -1.15. The number of aryl methyl sites for hydroxylation is 2. The SMILES string of the molecule is CC(=O)C[C@@H](O)c1c(C)cccc1C. The molecule has 0 unspecified atom stereocenters. The van der Waals surface area contributed by atoms with Crippen LogP contribution in [-0.4, -0.2) is 10.9 Å². The number of aliphatic hydroxyl groups excluding tert-OH is 1. The van der Waals surface area contributed by atoms with E-state index in [0.29, 0.717) is 0 Å². The standard InChI is InChI=1S/C12H16O2/c1-8-5-4-6-9(2)12(8)11(14)7-10(3)13/h4-6,11,14H,7H2,1-3H3/t11-/m1/s1. The van der Waals surface area contributed by atoms with E-state index in [1.165, 1.54) is 6.92 Å². The summed E-state index contributed by atoms with van der Waals surface area (Å²) in [5, 5.41) is 9.83. The van der Waals surface area contributed by atoms with E-state index in [-0.39, 0.29) is 12.2 Å². The van der Waals surface area contributed by atoms with Crippen LogP contribution >= 0.6 is 0 Å². The number of hydrogen-bond acceptors (Lipinski definition) is 2. The summed E-state index contributed by atoms with van der Waals surface area (Å²) in [5.74, 6) is 0.0140. The third-order valence-corrected chi connectivity index (χ3v) is 2.36. The van der Waals surface area contributed by atoms with Crippen LogP contribution in [-0.2, 0) is 4.79 Å². The summed E-state index contributed by atoms with van der Waals surface area (Å²) in [7, 11) is 0. The lowest BCUT2D eigenvalue weighted by atomic mass is 9.95. The van der Waals surface area contributed by atoms with Crippen molar-refractivity contribution in [2.24, 2.45) is 0 Å². The van der Waals surface area contributed by atoms with Crippen molar-refractivity contribution >= 4 is 5.78 Å².